The summed E-state index contributed by atoms with van der Waals surface area (Å²) in [5.41, 5.74) is 7.95. The van der Waals surface area contributed by atoms with Crippen LogP contribution in [0.15, 0.2) is 77.2 Å². The lowest BCUT2D eigenvalue weighted by molar-refractivity contribution is -0.110. The number of nitrogens with zero attached hydrogens (tertiary/aromatic N) is 1. The van der Waals surface area contributed by atoms with Gasteiger partial charge in [0.05, 0.1) is 16.9 Å². The quantitative estimate of drug-likeness (QED) is 0.226. The zero-order valence-corrected chi connectivity index (χ0v) is 18.8. The number of amides is 1. The zero-order valence-electron chi connectivity index (χ0n) is 18.0. The minimum Gasteiger partial charge on any atom is -0.505 e. The molecule has 0 radical (unpaired) electrons. The van der Waals surface area contributed by atoms with E-state index in [0.29, 0.717) is 22.4 Å². The summed E-state index contributed by atoms with van der Waals surface area (Å²) in [6.07, 6.45) is 0. The molecule has 0 unspecified atom stereocenters. The van der Waals surface area contributed by atoms with E-state index in [4.69, 9.17) is 0 Å². The van der Waals surface area contributed by atoms with E-state index >= 15 is 0 Å². The van der Waals surface area contributed by atoms with Crippen LogP contribution in [-0.4, -0.2) is 27.8 Å². The summed E-state index contributed by atoms with van der Waals surface area (Å²) < 4.78 is 0. The molecule has 2 heterocycles. The molecule has 0 saturated carbocycles. The van der Waals surface area contributed by atoms with E-state index in [1.165, 1.54) is 17.7 Å². The van der Waals surface area contributed by atoms with Crippen LogP contribution in [0.3, 0.4) is 0 Å². The summed E-state index contributed by atoms with van der Waals surface area (Å²) in [7, 11) is 0. The van der Waals surface area contributed by atoms with Crippen molar-refractivity contribution < 1.29 is 19.8 Å². The maximum Gasteiger partial charge on any atom is 0.335 e. The highest BCUT2D eigenvalue weighted by Gasteiger charge is 2.27. The van der Waals surface area contributed by atoms with Crippen LogP contribution in [0, 0.1) is 6.92 Å². The Morgan fingerprint density at radius 2 is 1.82 bits per heavy atom. The number of carbonyl (C=O) groups is 2. The Kier molecular flexibility index (Phi) is 5.35. The summed E-state index contributed by atoms with van der Waals surface area (Å²) in [6.45, 7) is 2.05. The summed E-state index contributed by atoms with van der Waals surface area (Å²) >= 11 is 1.65. The lowest BCUT2D eigenvalue weighted by Crippen LogP contribution is -2.15. The maximum atomic E-state index is 12.6. The van der Waals surface area contributed by atoms with Gasteiger partial charge in [-0.15, -0.1) is 11.3 Å². The topological polar surface area (TPSA) is 111 Å². The van der Waals surface area contributed by atoms with Gasteiger partial charge < -0.3 is 15.5 Å². The normalized spacial score (nSPS) is 13.6. The number of carboxylic acids is 1. The number of aromatic carboxylic acids is 1. The fourth-order valence-electron chi connectivity index (χ4n) is 3.88. The number of anilines is 2. The first-order chi connectivity index (χ1) is 16.4. The lowest BCUT2D eigenvalue weighted by atomic mass is 10.0. The predicted octanol–water partition coefficient (Wildman–Crippen LogP) is 5.56. The average Bonchev–Trinajstić information content (AvgIpc) is 3.40. The van der Waals surface area contributed by atoms with E-state index < -0.39 is 5.97 Å². The number of benzene rings is 3. The van der Waals surface area contributed by atoms with Crippen molar-refractivity contribution in [1.29, 1.82) is 0 Å². The van der Waals surface area contributed by atoms with Crippen molar-refractivity contribution in [2.24, 2.45) is 5.10 Å². The fourth-order valence-corrected chi connectivity index (χ4v) is 4.81. The number of hydrazone groups is 1. The second kappa shape index (κ2) is 8.49. The first-order valence-corrected chi connectivity index (χ1v) is 11.3. The van der Waals surface area contributed by atoms with Crippen molar-refractivity contribution in [3.63, 3.8) is 0 Å². The molecule has 1 amide bonds. The number of hydrogen-bond donors (Lipinski definition) is 4. The predicted molar refractivity (Wildman–Crippen MR) is 134 cm³/mol. The molecule has 168 valence electrons. The molecule has 34 heavy (non-hydrogen) atoms. The van der Waals surface area contributed by atoms with Crippen LogP contribution in [0.1, 0.15) is 21.5 Å². The van der Waals surface area contributed by atoms with Crippen LogP contribution in [-0.2, 0) is 4.79 Å². The number of aromatic hydroxyl groups is 1. The number of nitrogens with one attached hydrogen (secondary N) is 2. The van der Waals surface area contributed by atoms with Crippen molar-refractivity contribution in [1.82, 2.24) is 0 Å². The zero-order chi connectivity index (χ0) is 23.8. The van der Waals surface area contributed by atoms with Crippen LogP contribution >= 0.6 is 11.3 Å². The molecule has 3 aromatic carbocycles. The van der Waals surface area contributed by atoms with Gasteiger partial charge in [0, 0.05) is 16.0 Å². The number of para-hydroxylation sites is 1. The van der Waals surface area contributed by atoms with Crippen LogP contribution in [0.4, 0.5) is 11.4 Å². The molecular weight excluding hydrogens is 450 g/mol. The first kappa shape index (κ1) is 21.4. The third-order valence-corrected chi connectivity index (χ3v) is 6.67. The van der Waals surface area contributed by atoms with E-state index in [-0.39, 0.29) is 28.6 Å². The highest BCUT2D eigenvalue weighted by atomic mass is 32.1. The van der Waals surface area contributed by atoms with Gasteiger partial charge in [-0.3, -0.25) is 10.2 Å². The monoisotopic (exact) mass is 469 g/mol. The van der Waals surface area contributed by atoms with Crippen molar-refractivity contribution in [3.05, 3.63) is 88.8 Å². The molecular formula is C26H19N3O4S. The molecule has 1 aliphatic heterocycles. The van der Waals surface area contributed by atoms with E-state index in [9.17, 15) is 19.8 Å². The molecule has 7 nitrogen and oxygen atoms in total. The number of thiophene rings is 1. The van der Waals surface area contributed by atoms with Crippen LogP contribution in [0.5, 0.6) is 5.75 Å². The highest BCUT2D eigenvalue weighted by molar-refractivity contribution is 7.13. The smallest absolute Gasteiger partial charge is 0.335 e. The number of phenols is 1. The number of carbonyl (C=O) groups excluding carboxylic acids is 1. The second-order valence-electron chi connectivity index (χ2n) is 7.81. The Balaban J connectivity index is 1.45. The largest absolute Gasteiger partial charge is 0.505 e. The Morgan fingerprint density at radius 3 is 2.59 bits per heavy atom. The maximum absolute atomic E-state index is 12.6. The molecule has 0 aliphatic carbocycles. The number of hydrogen-bond acceptors (Lipinski definition) is 6. The van der Waals surface area contributed by atoms with Gasteiger partial charge in [0.2, 0.25) is 0 Å². The molecule has 8 heteroatoms. The summed E-state index contributed by atoms with van der Waals surface area (Å²) in [6, 6.07) is 19.1. The molecule has 1 aromatic heterocycles. The summed E-state index contributed by atoms with van der Waals surface area (Å²) in [4.78, 5) is 25.0. The van der Waals surface area contributed by atoms with E-state index in [0.717, 1.165) is 10.4 Å². The number of aryl methyl sites for hydroxylation is 1. The minimum absolute atomic E-state index is 0.100. The van der Waals surface area contributed by atoms with Crippen molar-refractivity contribution in [3.8, 4) is 27.3 Å². The molecule has 0 spiro atoms. The van der Waals surface area contributed by atoms with Gasteiger partial charge in [-0.25, -0.2) is 4.79 Å². The van der Waals surface area contributed by atoms with Gasteiger partial charge in [-0.2, -0.15) is 5.10 Å². The molecule has 0 saturated heterocycles. The summed E-state index contributed by atoms with van der Waals surface area (Å²) in [5, 5.41) is 29.2. The standard InChI is InChI=1S/C26H19N3O4S/c1-14-10-11-34-24(14)16-8-9-19-21(13-16)27-25(31)22(19)29-28-20-7-3-6-18(23(20)30)15-4-2-5-17(12-15)26(32)33/h2-13,28,30H,1H3,(H,32,33)(H,27,29,31). The van der Waals surface area contributed by atoms with Gasteiger partial charge >= 0.3 is 5.97 Å². The fraction of sp³-hybridized carbons (Fsp3) is 0.0385. The van der Waals surface area contributed by atoms with Gasteiger partial charge in [-0.05, 0) is 65.4 Å². The minimum atomic E-state index is -1.05. The van der Waals surface area contributed by atoms with Crippen LogP contribution in [0.25, 0.3) is 21.6 Å². The number of fused-ring (bicyclic) bond motifs is 1. The molecule has 5 rings (SSSR count). The van der Waals surface area contributed by atoms with E-state index in [1.54, 1.807) is 41.7 Å². The van der Waals surface area contributed by atoms with Gasteiger partial charge in [0.25, 0.3) is 5.91 Å². The van der Waals surface area contributed by atoms with Crippen LogP contribution in [0.2, 0.25) is 0 Å². The second-order valence-corrected chi connectivity index (χ2v) is 8.72. The SMILES string of the molecule is Cc1ccsc1-c1ccc2c(c1)NC(=O)C2=NNc1cccc(-c2cccc(C(=O)O)c2)c1O. The Bertz CT molecular complexity index is 1490. The Morgan fingerprint density at radius 1 is 1.00 bits per heavy atom. The number of phenolic OH excluding ortho intramolecular Hbond substituents is 1. The molecule has 0 bridgehead atoms. The van der Waals surface area contributed by atoms with Gasteiger partial charge in [0.1, 0.15) is 5.75 Å². The third-order valence-electron chi connectivity index (χ3n) is 5.61. The molecule has 1 aliphatic rings. The number of rotatable bonds is 5. The lowest BCUT2D eigenvalue weighted by Gasteiger charge is -2.10. The molecule has 0 fully saturated rings. The summed E-state index contributed by atoms with van der Waals surface area (Å²) in [5.74, 6) is -1.49. The van der Waals surface area contributed by atoms with E-state index in [1.807, 2.05) is 30.5 Å². The molecule has 4 aromatic rings. The molecule has 0 atom stereocenters. The van der Waals surface area contributed by atoms with Gasteiger partial charge in [-0.1, -0.05) is 30.3 Å². The van der Waals surface area contributed by atoms with Crippen molar-refractivity contribution in [2.75, 3.05) is 10.7 Å². The Hall–Kier alpha value is -4.43. The third kappa shape index (κ3) is 3.80. The number of carboxylic acid groups (broad SMARTS) is 1. The first-order valence-electron chi connectivity index (χ1n) is 10.4. The van der Waals surface area contributed by atoms with Crippen LogP contribution < -0.4 is 10.7 Å². The molecule has 4 N–H and O–H groups in total. The highest BCUT2D eigenvalue weighted by Crippen LogP contribution is 2.37. The van der Waals surface area contributed by atoms with Gasteiger partial charge in [0.15, 0.2) is 5.71 Å². The Labute approximate surface area is 199 Å². The van der Waals surface area contributed by atoms with Crippen molar-refractivity contribution >= 4 is 40.3 Å². The average molecular weight is 470 g/mol. The van der Waals surface area contributed by atoms with E-state index in [2.05, 4.69) is 21.9 Å². The van der Waals surface area contributed by atoms with Crippen molar-refractivity contribution in [2.45, 2.75) is 6.92 Å².